The van der Waals surface area contributed by atoms with E-state index in [4.69, 9.17) is 22.9 Å². The van der Waals surface area contributed by atoms with E-state index in [1.54, 1.807) is 23.7 Å². The van der Waals surface area contributed by atoms with Gasteiger partial charge in [0, 0.05) is 53.5 Å². The SMILES string of the molecule is [C-]#[N+]C(C)(C)c1ccc(Oc2ccc(Cl)cc2)c(-c2cn(C)c(=O)c3ccsc23)c1. The van der Waals surface area contributed by atoms with Crippen molar-refractivity contribution in [3.63, 3.8) is 0 Å². The summed E-state index contributed by atoms with van der Waals surface area (Å²) in [6.07, 6.45) is 1.83. The van der Waals surface area contributed by atoms with Gasteiger partial charge in [-0.25, -0.2) is 6.57 Å². The zero-order valence-electron chi connectivity index (χ0n) is 16.8. The lowest BCUT2D eigenvalue weighted by atomic mass is 9.91. The van der Waals surface area contributed by atoms with Crippen LogP contribution in [0.1, 0.15) is 19.4 Å². The van der Waals surface area contributed by atoms with Crippen molar-refractivity contribution in [2.45, 2.75) is 19.4 Å². The molecule has 0 aliphatic rings. The van der Waals surface area contributed by atoms with Gasteiger partial charge in [-0.05, 0) is 53.9 Å². The van der Waals surface area contributed by atoms with Crippen molar-refractivity contribution in [1.82, 2.24) is 4.57 Å². The lowest BCUT2D eigenvalue weighted by molar-refractivity contribution is 0.484. The lowest BCUT2D eigenvalue weighted by Crippen LogP contribution is -2.16. The van der Waals surface area contributed by atoms with E-state index in [0.717, 1.165) is 21.4 Å². The molecule has 0 unspecified atom stereocenters. The first-order valence-corrected chi connectivity index (χ1v) is 10.6. The minimum absolute atomic E-state index is 0.0344. The van der Waals surface area contributed by atoms with E-state index < -0.39 is 5.54 Å². The van der Waals surface area contributed by atoms with Gasteiger partial charge in [0.1, 0.15) is 11.5 Å². The van der Waals surface area contributed by atoms with Crippen molar-refractivity contribution >= 4 is 33.0 Å². The van der Waals surface area contributed by atoms with Crippen LogP contribution in [0.25, 0.3) is 26.1 Å². The molecular formula is C24H19ClN2O2S. The fourth-order valence-corrected chi connectivity index (χ4v) is 4.32. The highest BCUT2D eigenvalue weighted by Crippen LogP contribution is 2.41. The maximum Gasteiger partial charge on any atom is 0.259 e. The van der Waals surface area contributed by atoms with Crippen molar-refractivity contribution in [2.75, 3.05) is 0 Å². The molecular weight excluding hydrogens is 416 g/mol. The smallest absolute Gasteiger partial charge is 0.259 e. The number of thiophene rings is 1. The lowest BCUT2D eigenvalue weighted by Gasteiger charge is -2.17. The second-order valence-corrected chi connectivity index (χ2v) is 8.91. The van der Waals surface area contributed by atoms with E-state index in [0.29, 0.717) is 21.9 Å². The first kappa shape index (κ1) is 20.2. The molecule has 4 nitrogen and oxygen atoms in total. The Kier molecular flexibility index (Phi) is 5.15. The van der Waals surface area contributed by atoms with Crippen LogP contribution in [0.3, 0.4) is 0 Å². The van der Waals surface area contributed by atoms with Crippen LogP contribution in [0.2, 0.25) is 5.02 Å². The summed E-state index contributed by atoms with van der Waals surface area (Å²) in [5.74, 6) is 1.31. The van der Waals surface area contributed by atoms with E-state index in [1.165, 1.54) is 11.3 Å². The van der Waals surface area contributed by atoms with Gasteiger partial charge in [0.2, 0.25) is 0 Å². The van der Waals surface area contributed by atoms with Crippen molar-refractivity contribution in [2.24, 2.45) is 7.05 Å². The van der Waals surface area contributed by atoms with Crippen molar-refractivity contribution in [3.8, 4) is 22.6 Å². The van der Waals surface area contributed by atoms with Gasteiger partial charge in [0.05, 0.1) is 5.39 Å². The Labute approximate surface area is 183 Å². The average molecular weight is 435 g/mol. The second-order valence-electron chi connectivity index (χ2n) is 7.56. The summed E-state index contributed by atoms with van der Waals surface area (Å²) >= 11 is 7.52. The molecule has 150 valence electrons. The summed E-state index contributed by atoms with van der Waals surface area (Å²) in [7, 11) is 1.75. The Morgan fingerprint density at radius 3 is 2.53 bits per heavy atom. The van der Waals surface area contributed by atoms with Gasteiger partial charge in [0.25, 0.3) is 11.1 Å². The average Bonchev–Trinajstić information content (AvgIpc) is 3.23. The first-order chi connectivity index (χ1) is 14.3. The molecule has 0 radical (unpaired) electrons. The third-order valence-electron chi connectivity index (χ3n) is 5.08. The topological polar surface area (TPSA) is 35.6 Å². The van der Waals surface area contributed by atoms with Gasteiger partial charge in [0.15, 0.2) is 0 Å². The maximum absolute atomic E-state index is 12.5. The Morgan fingerprint density at radius 1 is 1.10 bits per heavy atom. The summed E-state index contributed by atoms with van der Waals surface area (Å²) in [6.45, 7) is 11.4. The summed E-state index contributed by atoms with van der Waals surface area (Å²) in [6, 6.07) is 14.8. The number of fused-ring (bicyclic) bond motifs is 1. The summed E-state index contributed by atoms with van der Waals surface area (Å²) in [5, 5.41) is 3.23. The van der Waals surface area contributed by atoms with E-state index in [2.05, 4.69) is 4.85 Å². The van der Waals surface area contributed by atoms with Gasteiger partial charge < -0.3 is 14.1 Å². The zero-order chi connectivity index (χ0) is 21.5. The van der Waals surface area contributed by atoms with Gasteiger partial charge >= 0.3 is 0 Å². The minimum Gasteiger partial charge on any atom is -0.457 e. The first-order valence-electron chi connectivity index (χ1n) is 9.34. The number of pyridine rings is 1. The molecule has 2 aromatic heterocycles. The third-order valence-corrected chi connectivity index (χ3v) is 6.28. The Balaban J connectivity index is 1.96. The predicted molar refractivity (Wildman–Crippen MR) is 124 cm³/mol. The number of hydrogen-bond donors (Lipinski definition) is 0. The van der Waals surface area contributed by atoms with Crippen LogP contribution in [-0.4, -0.2) is 4.57 Å². The third kappa shape index (κ3) is 3.60. The maximum atomic E-state index is 12.5. The molecule has 4 rings (SSSR count). The van der Waals surface area contributed by atoms with Gasteiger partial charge in [-0.15, -0.1) is 11.3 Å². The van der Waals surface area contributed by atoms with Crippen LogP contribution in [0.5, 0.6) is 11.5 Å². The molecule has 0 saturated heterocycles. The number of aryl methyl sites for hydroxylation is 1. The molecule has 2 heterocycles. The number of rotatable bonds is 4. The van der Waals surface area contributed by atoms with E-state index in [-0.39, 0.29) is 5.56 Å². The van der Waals surface area contributed by atoms with Crippen LogP contribution < -0.4 is 10.3 Å². The molecule has 0 aliphatic carbocycles. The Hall–Kier alpha value is -3.07. The molecule has 0 amide bonds. The fourth-order valence-electron chi connectivity index (χ4n) is 3.28. The summed E-state index contributed by atoms with van der Waals surface area (Å²) in [5.41, 5.74) is 1.90. The molecule has 0 atom stereocenters. The highest BCUT2D eigenvalue weighted by Gasteiger charge is 2.28. The molecule has 0 spiro atoms. The molecule has 0 bridgehead atoms. The quantitative estimate of drug-likeness (QED) is 0.328. The molecule has 30 heavy (non-hydrogen) atoms. The summed E-state index contributed by atoms with van der Waals surface area (Å²) < 4.78 is 8.68. The van der Waals surface area contributed by atoms with Gasteiger partial charge in [-0.3, -0.25) is 4.79 Å². The highest BCUT2D eigenvalue weighted by molar-refractivity contribution is 7.17. The molecule has 2 aromatic carbocycles. The van der Waals surface area contributed by atoms with Crippen LogP contribution in [0, 0.1) is 6.57 Å². The normalized spacial score (nSPS) is 11.4. The highest BCUT2D eigenvalue weighted by atomic mass is 35.5. The molecule has 4 aromatic rings. The van der Waals surface area contributed by atoms with Crippen LogP contribution >= 0.6 is 22.9 Å². The van der Waals surface area contributed by atoms with Crippen LogP contribution in [0.15, 0.2) is 64.9 Å². The number of hydrogen-bond acceptors (Lipinski definition) is 3. The Morgan fingerprint density at radius 2 is 1.83 bits per heavy atom. The zero-order valence-corrected chi connectivity index (χ0v) is 18.3. The monoisotopic (exact) mass is 434 g/mol. The van der Waals surface area contributed by atoms with Gasteiger partial charge in [-0.2, -0.15) is 0 Å². The van der Waals surface area contributed by atoms with Crippen molar-refractivity contribution < 1.29 is 4.74 Å². The molecule has 0 saturated carbocycles. The van der Waals surface area contributed by atoms with Crippen LogP contribution in [0.4, 0.5) is 0 Å². The fraction of sp³-hybridized carbons (Fsp3) is 0.167. The molecule has 0 aliphatic heterocycles. The molecule has 0 fully saturated rings. The molecule has 0 N–H and O–H groups in total. The van der Waals surface area contributed by atoms with E-state index >= 15 is 0 Å². The number of nitrogens with zero attached hydrogens (tertiary/aromatic N) is 2. The van der Waals surface area contributed by atoms with Crippen LogP contribution in [-0.2, 0) is 12.6 Å². The van der Waals surface area contributed by atoms with E-state index in [9.17, 15) is 4.79 Å². The van der Waals surface area contributed by atoms with Crippen molar-refractivity contribution in [1.29, 1.82) is 0 Å². The summed E-state index contributed by atoms with van der Waals surface area (Å²) in [4.78, 5) is 16.3. The van der Waals surface area contributed by atoms with Crippen molar-refractivity contribution in [3.05, 3.63) is 92.5 Å². The number of benzene rings is 2. The number of ether oxygens (including phenoxy) is 1. The standard InChI is InChI=1S/C24H19ClN2O2S/c1-24(2,26-3)15-5-10-21(29-17-8-6-16(25)7-9-17)19(13-15)20-14-27(4)23(28)18-11-12-30-22(18)20/h5-14H,1-2,4H3. The van der Waals surface area contributed by atoms with Gasteiger partial charge in [-0.1, -0.05) is 11.6 Å². The Bertz CT molecular complexity index is 1340. The predicted octanol–water partition coefficient (Wildman–Crippen LogP) is 6.87. The number of halogens is 1. The number of aromatic nitrogens is 1. The largest absolute Gasteiger partial charge is 0.457 e. The minimum atomic E-state index is -0.678. The van der Waals surface area contributed by atoms with E-state index in [1.807, 2.05) is 61.8 Å². The second kappa shape index (κ2) is 7.64. The molecule has 6 heteroatoms.